The highest BCUT2D eigenvalue weighted by atomic mass is 19.1. The van der Waals surface area contributed by atoms with E-state index in [1.54, 1.807) is 36.4 Å². The lowest BCUT2D eigenvalue weighted by Gasteiger charge is -2.25. The molecule has 0 aliphatic heterocycles. The molecule has 0 spiro atoms. The Morgan fingerprint density at radius 2 is 1.55 bits per heavy atom. The first-order valence-corrected chi connectivity index (χ1v) is 9.93. The summed E-state index contributed by atoms with van der Waals surface area (Å²) in [5.74, 6) is 1.70. The summed E-state index contributed by atoms with van der Waals surface area (Å²) in [4.78, 5) is 27.4. The molecular weight excluding hydrogens is 391 g/mol. The Labute approximate surface area is 181 Å². The van der Waals surface area contributed by atoms with Crippen LogP contribution < -0.4 is 5.32 Å². The van der Waals surface area contributed by atoms with Gasteiger partial charge in [0, 0.05) is 12.1 Å². The quantitative estimate of drug-likeness (QED) is 0.557. The second kappa shape index (κ2) is 10.7. The second-order valence-electron chi connectivity index (χ2n) is 7.09. The lowest BCUT2D eigenvalue weighted by molar-refractivity contribution is -0.131. The number of nitrogens with zero attached hydrogens (tertiary/aromatic N) is 1. The molecule has 4 nitrogen and oxygen atoms in total. The fraction of sp³-hybridized carbons (Fsp3) is 0.154. The third-order valence-electron chi connectivity index (χ3n) is 4.84. The number of carbonyl (C=O) groups is 2. The largest absolute Gasteiger partial charge is 0.345 e. The summed E-state index contributed by atoms with van der Waals surface area (Å²) in [5.41, 5.74) is 2.11. The van der Waals surface area contributed by atoms with Crippen molar-refractivity contribution >= 4 is 11.8 Å². The zero-order valence-electron chi connectivity index (χ0n) is 17.0. The van der Waals surface area contributed by atoms with Crippen molar-refractivity contribution in [1.29, 1.82) is 0 Å². The molecule has 0 radical (unpaired) electrons. The predicted octanol–water partition coefficient (Wildman–Crippen LogP) is 4.35. The van der Waals surface area contributed by atoms with E-state index in [-0.39, 0.29) is 37.1 Å². The Kier molecular flexibility index (Phi) is 7.56. The average Bonchev–Trinajstić information content (AvgIpc) is 2.80. The maximum Gasteiger partial charge on any atom is 0.251 e. The maximum absolute atomic E-state index is 13.2. The smallest absolute Gasteiger partial charge is 0.251 e. The highest BCUT2D eigenvalue weighted by Crippen LogP contribution is 2.20. The highest BCUT2D eigenvalue weighted by Gasteiger charge is 2.22. The van der Waals surface area contributed by atoms with Gasteiger partial charge in [0.2, 0.25) is 5.91 Å². The van der Waals surface area contributed by atoms with Gasteiger partial charge in [-0.15, -0.1) is 6.42 Å². The van der Waals surface area contributed by atoms with E-state index in [0.717, 1.165) is 11.1 Å². The monoisotopic (exact) mass is 414 g/mol. The van der Waals surface area contributed by atoms with Crippen LogP contribution in [0.5, 0.6) is 0 Å². The van der Waals surface area contributed by atoms with Crippen LogP contribution in [-0.2, 0) is 11.3 Å². The van der Waals surface area contributed by atoms with Crippen molar-refractivity contribution in [2.45, 2.75) is 19.0 Å². The van der Waals surface area contributed by atoms with E-state index in [1.165, 1.54) is 17.0 Å². The molecule has 0 aliphatic carbocycles. The lowest BCUT2D eigenvalue weighted by atomic mass is 10.0. The van der Waals surface area contributed by atoms with E-state index in [0.29, 0.717) is 5.56 Å². The Balaban J connectivity index is 1.78. The molecule has 2 amide bonds. The third-order valence-corrected chi connectivity index (χ3v) is 4.84. The maximum atomic E-state index is 13.2. The van der Waals surface area contributed by atoms with Crippen LogP contribution in [0.3, 0.4) is 0 Å². The van der Waals surface area contributed by atoms with E-state index in [1.807, 2.05) is 36.4 Å². The zero-order valence-corrected chi connectivity index (χ0v) is 17.0. The van der Waals surface area contributed by atoms with Crippen molar-refractivity contribution in [3.05, 3.63) is 107 Å². The first kappa shape index (κ1) is 21.8. The summed E-state index contributed by atoms with van der Waals surface area (Å²) in [6, 6.07) is 23.6. The molecule has 1 unspecified atom stereocenters. The molecular formula is C26H23FN2O2. The van der Waals surface area contributed by atoms with Gasteiger partial charge in [-0.25, -0.2) is 4.39 Å². The van der Waals surface area contributed by atoms with Crippen LogP contribution in [0.25, 0.3) is 0 Å². The molecule has 156 valence electrons. The van der Waals surface area contributed by atoms with E-state index in [9.17, 15) is 14.0 Å². The van der Waals surface area contributed by atoms with E-state index in [4.69, 9.17) is 6.42 Å². The van der Waals surface area contributed by atoms with Gasteiger partial charge in [0.05, 0.1) is 19.0 Å². The minimum atomic E-state index is -0.519. The summed E-state index contributed by atoms with van der Waals surface area (Å²) < 4.78 is 13.2. The third kappa shape index (κ3) is 6.28. The van der Waals surface area contributed by atoms with Crippen LogP contribution in [0.15, 0.2) is 84.9 Å². The predicted molar refractivity (Wildman–Crippen MR) is 118 cm³/mol. The van der Waals surface area contributed by atoms with Gasteiger partial charge in [-0.05, 0) is 35.4 Å². The van der Waals surface area contributed by atoms with Crippen molar-refractivity contribution in [3.8, 4) is 12.3 Å². The van der Waals surface area contributed by atoms with Crippen LogP contribution in [0, 0.1) is 18.2 Å². The minimum Gasteiger partial charge on any atom is -0.345 e. The summed E-state index contributed by atoms with van der Waals surface area (Å²) in [6.07, 6.45) is 5.52. The molecule has 3 aromatic carbocycles. The molecule has 3 rings (SSSR count). The summed E-state index contributed by atoms with van der Waals surface area (Å²) >= 11 is 0. The summed E-state index contributed by atoms with van der Waals surface area (Å²) in [7, 11) is 0. The number of halogens is 1. The molecule has 31 heavy (non-hydrogen) atoms. The number of terminal acetylenes is 1. The van der Waals surface area contributed by atoms with Gasteiger partial charge in [0.25, 0.3) is 5.91 Å². The molecule has 1 N–H and O–H groups in total. The highest BCUT2D eigenvalue weighted by molar-refractivity contribution is 5.94. The first-order chi connectivity index (χ1) is 15.1. The SMILES string of the molecule is C#CCN(Cc1ccc(F)cc1)C(=O)CC(NC(=O)c1ccccc1)c1ccccc1. The van der Waals surface area contributed by atoms with Crippen LogP contribution in [-0.4, -0.2) is 23.3 Å². The molecule has 3 aromatic rings. The number of hydrogen-bond donors (Lipinski definition) is 1. The van der Waals surface area contributed by atoms with E-state index < -0.39 is 6.04 Å². The number of rotatable bonds is 8. The van der Waals surface area contributed by atoms with Crippen molar-refractivity contribution < 1.29 is 14.0 Å². The number of carbonyl (C=O) groups excluding carboxylic acids is 2. The molecule has 1 atom stereocenters. The number of amides is 2. The molecule has 0 fully saturated rings. The number of hydrogen-bond acceptors (Lipinski definition) is 2. The second-order valence-corrected chi connectivity index (χ2v) is 7.09. The van der Waals surface area contributed by atoms with Crippen molar-refractivity contribution in [2.24, 2.45) is 0 Å². The van der Waals surface area contributed by atoms with Crippen molar-refractivity contribution in [1.82, 2.24) is 10.2 Å². The van der Waals surface area contributed by atoms with Crippen LogP contribution in [0.1, 0.15) is 33.9 Å². The van der Waals surface area contributed by atoms with Gasteiger partial charge >= 0.3 is 0 Å². The van der Waals surface area contributed by atoms with Gasteiger partial charge in [0.1, 0.15) is 5.82 Å². The average molecular weight is 414 g/mol. The molecule has 0 saturated heterocycles. The molecule has 0 bridgehead atoms. The van der Waals surface area contributed by atoms with Gasteiger partial charge in [-0.1, -0.05) is 66.6 Å². The van der Waals surface area contributed by atoms with Gasteiger partial charge in [0.15, 0.2) is 0 Å². The standard InChI is InChI=1S/C26H23FN2O2/c1-2-17-29(19-20-13-15-23(27)16-14-20)25(30)18-24(21-9-5-3-6-10-21)28-26(31)22-11-7-4-8-12-22/h1,3-16,24H,17-19H2,(H,28,31). The minimum absolute atomic E-state index is 0.0471. The zero-order chi connectivity index (χ0) is 22.1. The Bertz CT molecular complexity index is 1040. The molecule has 5 heteroatoms. The molecule has 0 saturated carbocycles. The molecule has 0 heterocycles. The van der Waals surface area contributed by atoms with Gasteiger partial charge in [-0.3, -0.25) is 9.59 Å². The van der Waals surface area contributed by atoms with E-state index >= 15 is 0 Å². The Morgan fingerprint density at radius 1 is 0.935 bits per heavy atom. The van der Waals surface area contributed by atoms with Gasteiger partial charge < -0.3 is 10.2 Å². The molecule has 0 aliphatic rings. The van der Waals surface area contributed by atoms with Crippen LogP contribution in [0.2, 0.25) is 0 Å². The van der Waals surface area contributed by atoms with Crippen molar-refractivity contribution in [3.63, 3.8) is 0 Å². The van der Waals surface area contributed by atoms with Gasteiger partial charge in [-0.2, -0.15) is 0 Å². The first-order valence-electron chi connectivity index (χ1n) is 9.93. The fourth-order valence-corrected chi connectivity index (χ4v) is 3.23. The van der Waals surface area contributed by atoms with Crippen LogP contribution in [0.4, 0.5) is 4.39 Å². The Hall–Kier alpha value is -3.91. The number of benzene rings is 3. The van der Waals surface area contributed by atoms with Crippen molar-refractivity contribution in [2.75, 3.05) is 6.54 Å². The fourth-order valence-electron chi connectivity index (χ4n) is 3.23. The topological polar surface area (TPSA) is 49.4 Å². The summed E-state index contributed by atoms with van der Waals surface area (Å²) in [5, 5.41) is 2.96. The Morgan fingerprint density at radius 3 is 2.16 bits per heavy atom. The molecule has 0 aromatic heterocycles. The normalized spacial score (nSPS) is 11.2. The van der Waals surface area contributed by atoms with Crippen LogP contribution >= 0.6 is 0 Å². The lowest BCUT2D eigenvalue weighted by Crippen LogP contribution is -2.36. The number of nitrogens with one attached hydrogen (secondary N) is 1. The van der Waals surface area contributed by atoms with E-state index in [2.05, 4.69) is 11.2 Å². The summed E-state index contributed by atoms with van der Waals surface area (Å²) in [6.45, 7) is 0.377.